The van der Waals surface area contributed by atoms with Crippen LogP contribution < -0.4 is 10.1 Å². The third kappa shape index (κ3) is 8.38. The second-order valence-electron chi connectivity index (χ2n) is 6.47. The van der Waals surface area contributed by atoms with Gasteiger partial charge in [0.25, 0.3) is 0 Å². The molecule has 1 amide bonds. The van der Waals surface area contributed by atoms with Gasteiger partial charge in [-0.1, -0.05) is 13.8 Å². The highest BCUT2D eigenvalue weighted by molar-refractivity contribution is 5.94. The second-order valence-corrected chi connectivity index (χ2v) is 6.47. The van der Waals surface area contributed by atoms with E-state index in [1.807, 2.05) is 6.92 Å². The van der Waals surface area contributed by atoms with E-state index >= 15 is 0 Å². The Hall–Kier alpha value is -1.84. The summed E-state index contributed by atoms with van der Waals surface area (Å²) in [7, 11) is 0. The number of ether oxygens (including phenoxy) is 1. The molecule has 0 radical (unpaired) electrons. The van der Waals surface area contributed by atoms with Gasteiger partial charge in [-0.15, -0.1) is 0 Å². The Morgan fingerprint density at radius 2 is 1.74 bits per heavy atom. The molecule has 1 aromatic rings. The molecule has 0 saturated carbocycles. The number of nitrogens with one attached hydrogen (secondary N) is 1. The third-order valence-corrected chi connectivity index (χ3v) is 3.66. The number of amides is 1. The minimum Gasteiger partial charge on any atom is -0.494 e. The van der Waals surface area contributed by atoms with Gasteiger partial charge < -0.3 is 10.1 Å². The van der Waals surface area contributed by atoms with Crippen LogP contribution in [0.25, 0.3) is 0 Å². The van der Waals surface area contributed by atoms with Crippen molar-refractivity contribution in [2.45, 2.75) is 59.4 Å². The maximum Gasteiger partial charge on any atom is 0.220 e. The summed E-state index contributed by atoms with van der Waals surface area (Å²) in [6.07, 6.45) is 3.29. The normalized spacial score (nSPS) is 12.0. The van der Waals surface area contributed by atoms with E-state index in [0.29, 0.717) is 30.9 Å². The Morgan fingerprint density at radius 1 is 1.09 bits per heavy atom. The average Bonchev–Trinajstić information content (AvgIpc) is 2.50. The van der Waals surface area contributed by atoms with E-state index in [2.05, 4.69) is 19.2 Å². The topological polar surface area (TPSA) is 55.4 Å². The van der Waals surface area contributed by atoms with Crippen molar-refractivity contribution in [3.63, 3.8) is 0 Å². The van der Waals surface area contributed by atoms with Crippen molar-refractivity contribution < 1.29 is 14.3 Å². The fourth-order valence-corrected chi connectivity index (χ4v) is 2.21. The molecule has 0 aliphatic carbocycles. The molecular weight excluding hydrogens is 290 g/mol. The summed E-state index contributed by atoms with van der Waals surface area (Å²) in [6, 6.07) is 7.29. The van der Waals surface area contributed by atoms with Gasteiger partial charge in [-0.05, 0) is 63.3 Å². The van der Waals surface area contributed by atoms with Crippen molar-refractivity contribution in [2.75, 3.05) is 6.61 Å². The molecule has 0 aliphatic heterocycles. The number of hydrogen-bond acceptors (Lipinski definition) is 3. The van der Waals surface area contributed by atoms with Crippen LogP contribution in [0.1, 0.15) is 63.7 Å². The van der Waals surface area contributed by atoms with Crippen molar-refractivity contribution in [1.82, 2.24) is 5.32 Å². The van der Waals surface area contributed by atoms with Gasteiger partial charge in [-0.3, -0.25) is 9.59 Å². The van der Waals surface area contributed by atoms with Crippen LogP contribution >= 0.6 is 0 Å². The number of benzene rings is 1. The lowest BCUT2D eigenvalue weighted by molar-refractivity contribution is -0.121. The number of Topliss-reactive ketones (excluding diaryl/α,β-unsaturated/α-hetero) is 1. The lowest BCUT2D eigenvalue weighted by atomic mass is 10.0. The maximum atomic E-state index is 11.8. The smallest absolute Gasteiger partial charge is 0.220 e. The lowest BCUT2D eigenvalue weighted by Crippen LogP contribution is -2.32. The van der Waals surface area contributed by atoms with Crippen molar-refractivity contribution in [2.24, 2.45) is 5.92 Å². The van der Waals surface area contributed by atoms with Gasteiger partial charge in [0.2, 0.25) is 5.91 Å². The fourth-order valence-electron chi connectivity index (χ4n) is 2.21. The molecule has 0 heterocycles. The Bertz CT molecular complexity index is 494. The highest BCUT2D eigenvalue weighted by atomic mass is 16.5. The molecule has 0 spiro atoms. The average molecular weight is 319 g/mol. The van der Waals surface area contributed by atoms with Gasteiger partial charge in [0.05, 0.1) is 6.61 Å². The summed E-state index contributed by atoms with van der Waals surface area (Å²) in [5, 5.41) is 3.02. The lowest BCUT2D eigenvalue weighted by Gasteiger charge is -2.15. The molecule has 0 saturated heterocycles. The van der Waals surface area contributed by atoms with Crippen molar-refractivity contribution >= 4 is 11.7 Å². The van der Waals surface area contributed by atoms with Crippen LogP contribution in [0, 0.1) is 5.92 Å². The zero-order valence-electron chi connectivity index (χ0n) is 14.7. The highest BCUT2D eigenvalue weighted by Gasteiger charge is 2.08. The van der Waals surface area contributed by atoms with Crippen LogP contribution in [0.15, 0.2) is 24.3 Å². The Balaban J connectivity index is 2.18. The van der Waals surface area contributed by atoms with E-state index in [4.69, 9.17) is 4.74 Å². The first-order valence-electron chi connectivity index (χ1n) is 8.41. The standard InChI is InChI=1S/C19H29NO3/c1-14(2)7-8-15(3)20-19(22)6-5-13-23-18-11-9-17(10-12-18)16(4)21/h9-12,14-15H,5-8,13H2,1-4H3,(H,20,22). The van der Waals surface area contributed by atoms with Crippen molar-refractivity contribution in [1.29, 1.82) is 0 Å². The van der Waals surface area contributed by atoms with E-state index in [1.165, 1.54) is 6.92 Å². The van der Waals surface area contributed by atoms with Crippen molar-refractivity contribution in [3.05, 3.63) is 29.8 Å². The molecule has 4 nitrogen and oxygen atoms in total. The predicted molar refractivity (Wildman–Crippen MR) is 92.9 cm³/mol. The zero-order chi connectivity index (χ0) is 17.2. The molecule has 23 heavy (non-hydrogen) atoms. The number of ketones is 1. The Morgan fingerprint density at radius 3 is 2.30 bits per heavy atom. The van der Waals surface area contributed by atoms with Crippen LogP contribution in [0.4, 0.5) is 0 Å². The van der Waals surface area contributed by atoms with E-state index in [0.717, 1.165) is 18.6 Å². The number of hydrogen-bond donors (Lipinski definition) is 1. The summed E-state index contributed by atoms with van der Waals surface area (Å²) >= 11 is 0. The largest absolute Gasteiger partial charge is 0.494 e. The minimum atomic E-state index is 0.0415. The second kappa shape index (κ2) is 10.0. The first kappa shape index (κ1) is 19.2. The van der Waals surface area contributed by atoms with E-state index < -0.39 is 0 Å². The van der Waals surface area contributed by atoms with Gasteiger partial charge >= 0.3 is 0 Å². The van der Waals surface area contributed by atoms with Gasteiger partial charge in [-0.25, -0.2) is 0 Å². The molecule has 0 aromatic heterocycles. The van der Waals surface area contributed by atoms with E-state index in [-0.39, 0.29) is 17.7 Å². The molecule has 1 rings (SSSR count). The van der Waals surface area contributed by atoms with Crippen molar-refractivity contribution in [3.8, 4) is 5.75 Å². The van der Waals surface area contributed by atoms with Crippen LogP contribution in [0.2, 0.25) is 0 Å². The van der Waals surface area contributed by atoms with Gasteiger partial charge in [0.1, 0.15) is 5.75 Å². The van der Waals surface area contributed by atoms with E-state index in [9.17, 15) is 9.59 Å². The third-order valence-electron chi connectivity index (χ3n) is 3.66. The zero-order valence-corrected chi connectivity index (χ0v) is 14.7. The van der Waals surface area contributed by atoms with Crippen LogP contribution in [-0.2, 0) is 4.79 Å². The molecule has 4 heteroatoms. The highest BCUT2D eigenvalue weighted by Crippen LogP contribution is 2.13. The molecule has 0 bridgehead atoms. The Labute approximate surface area is 139 Å². The molecule has 0 aliphatic rings. The SMILES string of the molecule is CC(=O)c1ccc(OCCCC(=O)NC(C)CCC(C)C)cc1. The van der Waals surface area contributed by atoms with Gasteiger partial charge in [0, 0.05) is 18.0 Å². The quantitative estimate of drug-likeness (QED) is 0.524. The summed E-state index contributed by atoms with van der Waals surface area (Å²) in [4.78, 5) is 23.0. The molecule has 1 unspecified atom stereocenters. The first-order valence-corrected chi connectivity index (χ1v) is 8.41. The monoisotopic (exact) mass is 319 g/mol. The molecule has 1 N–H and O–H groups in total. The summed E-state index contributed by atoms with van der Waals surface area (Å²) < 4.78 is 5.58. The number of carbonyl (C=O) groups is 2. The molecule has 1 aromatic carbocycles. The van der Waals surface area contributed by atoms with Crippen LogP contribution in [0.5, 0.6) is 5.75 Å². The molecular formula is C19H29NO3. The van der Waals surface area contributed by atoms with Gasteiger partial charge in [-0.2, -0.15) is 0 Å². The first-order chi connectivity index (χ1) is 10.9. The van der Waals surface area contributed by atoms with E-state index in [1.54, 1.807) is 24.3 Å². The summed E-state index contributed by atoms with van der Waals surface area (Å²) in [6.45, 7) is 8.46. The van der Waals surface area contributed by atoms with Gasteiger partial charge in [0.15, 0.2) is 5.78 Å². The maximum absolute atomic E-state index is 11.8. The fraction of sp³-hybridized carbons (Fsp3) is 0.579. The van der Waals surface area contributed by atoms with Crippen LogP contribution in [-0.4, -0.2) is 24.3 Å². The summed E-state index contributed by atoms with van der Waals surface area (Å²) in [5.74, 6) is 1.51. The summed E-state index contributed by atoms with van der Waals surface area (Å²) in [5.41, 5.74) is 0.673. The molecule has 1 atom stereocenters. The number of carbonyl (C=O) groups excluding carboxylic acids is 2. The minimum absolute atomic E-state index is 0.0415. The van der Waals surface area contributed by atoms with Crippen LogP contribution in [0.3, 0.4) is 0 Å². The number of rotatable bonds is 10. The Kier molecular flexibility index (Phi) is 8.38. The molecule has 128 valence electrons. The predicted octanol–water partition coefficient (Wildman–Crippen LogP) is 3.99. The molecule has 0 fully saturated rings.